The molecule has 7 nitrogen and oxygen atoms in total. The van der Waals surface area contributed by atoms with Gasteiger partial charge >= 0.3 is 0 Å². The molecule has 0 radical (unpaired) electrons. The van der Waals surface area contributed by atoms with Crippen molar-refractivity contribution in [2.75, 3.05) is 32.8 Å². The second-order valence-electron chi connectivity index (χ2n) is 6.12. The molecule has 2 unspecified atom stereocenters. The Hall–Kier alpha value is -1.22. The number of aryl methyl sites for hydroxylation is 1. The number of imidazole rings is 1. The van der Waals surface area contributed by atoms with Crippen molar-refractivity contribution >= 4 is 10.0 Å². The van der Waals surface area contributed by atoms with Gasteiger partial charge in [0.1, 0.15) is 0 Å². The van der Waals surface area contributed by atoms with Crippen molar-refractivity contribution in [3.63, 3.8) is 0 Å². The van der Waals surface area contributed by atoms with Crippen molar-refractivity contribution in [1.29, 1.82) is 0 Å². The highest BCUT2D eigenvalue weighted by Gasteiger charge is 2.37. The summed E-state index contributed by atoms with van der Waals surface area (Å²) in [6.07, 6.45) is 6.53. The second-order valence-corrected chi connectivity index (χ2v) is 8.00. The fraction of sp³-hybridized carbons (Fsp3) is 0.667. The summed E-state index contributed by atoms with van der Waals surface area (Å²) in [5.74, 6) is 0. The number of morpholine rings is 1. The lowest BCUT2D eigenvalue weighted by Crippen LogP contribution is -2.51. The Labute approximate surface area is 137 Å². The maximum absolute atomic E-state index is 12.7. The van der Waals surface area contributed by atoms with Crippen LogP contribution < -0.4 is 0 Å². The monoisotopic (exact) mass is 340 g/mol. The molecule has 8 heteroatoms. The minimum atomic E-state index is -3.53. The quantitative estimate of drug-likeness (QED) is 0.745. The van der Waals surface area contributed by atoms with Crippen molar-refractivity contribution in [2.45, 2.75) is 30.0 Å². The van der Waals surface area contributed by atoms with Crippen molar-refractivity contribution in [3.8, 4) is 0 Å². The summed E-state index contributed by atoms with van der Waals surface area (Å²) in [4.78, 5) is 6.35. The van der Waals surface area contributed by atoms with Gasteiger partial charge in [-0.2, -0.15) is 4.31 Å². The average molecular weight is 340 g/mol. The van der Waals surface area contributed by atoms with Crippen LogP contribution in [0, 0.1) is 0 Å². The van der Waals surface area contributed by atoms with E-state index in [0.29, 0.717) is 26.1 Å². The molecule has 1 aromatic heterocycles. The van der Waals surface area contributed by atoms with Crippen molar-refractivity contribution in [3.05, 3.63) is 25.2 Å². The van der Waals surface area contributed by atoms with E-state index in [1.54, 1.807) is 22.1 Å². The lowest BCUT2D eigenvalue weighted by Gasteiger charge is -2.39. The molecule has 2 aliphatic heterocycles. The second kappa shape index (κ2) is 6.72. The van der Waals surface area contributed by atoms with E-state index in [1.165, 1.54) is 6.33 Å². The molecule has 0 saturated carbocycles. The highest BCUT2D eigenvalue weighted by molar-refractivity contribution is 7.89. The summed E-state index contributed by atoms with van der Waals surface area (Å²) in [6.45, 7) is 7.17. The predicted octanol–water partition coefficient (Wildman–Crippen LogP) is 0.460. The van der Waals surface area contributed by atoms with Gasteiger partial charge in [0.25, 0.3) is 10.0 Å². The fourth-order valence-corrected chi connectivity index (χ4v) is 4.86. The molecule has 128 valence electrons. The molecule has 3 rings (SSSR count). The van der Waals surface area contributed by atoms with Crippen molar-refractivity contribution in [1.82, 2.24) is 18.8 Å². The van der Waals surface area contributed by atoms with Crippen LogP contribution in [-0.2, 0) is 21.8 Å². The zero-order valence-electron chi connectivity index (χ0n) is 13.5. The summed E-state index contributed by atoms with van der Waals surface area (Å²) in [5, 5.41) is 0.119. The Morgan fingerprint density at radius 3 is 2.87 bits per heavy atom. The van der Waals surface area contributed by atoms with Crippen LogP contribution in [0.25, 0.3) is 0 Å². The first-order chi connectivity index (χ1) is 11.0. The molecule has 0 amide bonds. The largest absolute Gasteiger partial charge is 0.375 e. The van der Waals surface area contributed by atoms with Gasteiger partial charge in [-0.1, -0.05) is 6.08 Å². The van der Waals surface area contributed by atoms with Crippen LogP contribution >= 0.6 is 0 Å². The van der Waals surface area contributed by atoms with E-state index in [9.17, 15) is 8.42 Å². The Bertz CT molecular complexity index is 657. The highest BCUT2D eigenvalue weighted by atomic mass is 32.2. The molecule has 0 aromatic carbocycles. The summed E-state index contributed by atoms with van der Waals surface area (Å²) >= 11 is 0. The Kier molecular flexibility index (Phi) is 4.86. The molecular weight excluding hydrogens is 316 g/mol. The standard InChI is InChI=1S/C15H24N4O3S/c1-3-6-18-9-10-22-14-5-8-19(7-4-13(14)18)23(20,21)15-11-17(2)12-16-15/h3,11-14H,1,4-10H2,2H3. The number of hydrogen-bond donors (Lipinski definition) is 0. The lowest BCUT2D eigenvalue weighted by molar-refractivity contribution is -0.0672. The molecule has 2 saturated heterocycles. The van der Waals surface area contributed by atoms with E-state index in [2.05, 4.69) is 16.5 Å². The van der Waals surface area contributed by atoms with E-state index >= 15 is 0 Å². The lowest BCUT2D eigenvalue weighted by atomic mass is 10.0. The third-order valence-electron chi connectivity index (χ3n) is 4.59. The maximum Gasteiger partial charge on any atom is 0.262 e. The van der Waals surface area contributed by atoms with Crippen LogP contribution in [-0.4, -0.2) is 72.1 Å². The third kappa shape index (κ3) is 3.35. The van der Waals surface area contributed by atoms with Gasteiger partial charge in [0.2, 0.25) is 0 Å². The van der Waals surface area contributed by atoms with Gasteiger partial charge in [-0.3, -0.25) is 4.90 Å². The topological polar surface area (TPSA) is 67.7 Å². The SMILES string of the molecule is C=CCN1CCOC2CCN(S(=O)(=O)c3cn(C)cn3)CCC21. The Morgan fingerprint density at radius 1 is 1.39 bits per heavy atom. The number of fused-ring (bicyclic) bond motifs is 1. The van der Waals surface area contributed by atoms with Crippen LogP contribution in [0.1, 0.15) is 12.8 Å². The van der Waals surface area contributed by atoms with Gasteiger partial charge in [-0.25, -0.2) is 13.4 Å². The number of hydrogen-bond acceptors (Lipinski definition) is 5. The van der Waals surface area contributed by atoms with Gasteiger partial charge in [-0.05, 0) is 12.8 Å². The van der Waals surface area contributed by atoms with E-state index in [-0.39, 0.29) is 17.2 Å². The predicted molar refractivity (Wildman–Crippen MR) is 86.5 cm³/mol. The van der Waals surface area contributed by atoms with E-state index in [1.807, 2.05) is 6.08 Å². The van der Waals surface area contributed by atoms with Crippen LogP contribution in [0.5, 0.6) is 0 Å². The maximum atomic E-state index is 12.7. The summed E-state index contributed by atoms with van der Waals surface area (Å²) < 4.78 is 34.6. The molecule has 0 N–H and O–H groups in total. The first kappa shape index (κ1) is 16.6. The summed E-state index contributed by atoms with van der Waals surface area (Å²) in [7, 11) is -1.76. The van der Waals surface area contributed by atoms with Gasteiger partial charge in [0.05, 0.1) is 19.0 Å². The summed E-state index contributed by atoms with van der Waals surface area (Å²) in [6, 6.07) is 0.255. The molecule has 2 fully saturated rings. The Balaban J connectivity index is 1.76. The fourth-order valence-electron chi connectivity index (χ4n) is 3.42. The molecule has 1 aromatic rings. The summed E-state index contributed by atoms with van der Waals surface area (Å²) in [5.41, 5.74) is 0. The van der Waals surface area contributed by atoms with Crippen molar-refractivity contribution in [2.24, 2.45) is 7.05 Å². The molecule has 0 spiro atoms. The number of sulfonamides is 1. The number of aromatic nitrogens is 2. The molecule has 3 heterocycles. The van der Waals surface area contributed by atoms with E-state index in [0.717, 1.165) is 19.5 Å². The van der Waals surface area contributed by atoms with Crippen LogP contribution in [0.3, 0.4) is 0 Å². The molecule has 23 heavy (non-hydrogen) atoms. The first-order valence-corrected chi connectivity index (χ1v) is 9.41. The average Bonchev–Trinajstić information content (AvgIpc) is 2.83. The Morgan fingerprint density at radius 2 is 2.17 bits per heavy atom. The van der Waals surface area contributed by atoms with Gasteiger partial charge in [0.15, 0.2) is 5.03 Å². The van der Waals surface area contributed by atoms with E-state index < -0.39 is 10.0 Å². The van der Waals surface area contributed by atoms with Gasteiger partial charge < -0.3 is 9.30 Å². The minimum Gasteiger partial charge on any atom is -0.375 e. The molecule has 0 bridgehead atoms. The van der Waals surface area contributed by atoms with Crippen molar-refractivity contribution < 1.29 is 13.2 Å². The minimum absolute atomic E-state index is 0.0904. The first-order valence-electron chi connectivity index (χ1n) is 7.97. The number of nitrogens with zero attached hydrogens (tertiary/aromatic N) is 4. The normalized spacial score (nSPS) is 27.3. The van der Waals surface area contributed by atoms with Crippen LogP contribution in [0.15, 0.2) is 30.2 Å². The molecule has 2 aliphatic rings. The zero-order valence-corrected chi connectivity index (χ0v) is 14.3. The van der Waals surface area contributed by atoms with Gasteiger partial charge in [-0.15, -0.1) is 6.58 Å². The van der Waals surface area contributed by atoms with E-state index in [4.69, 9.17) is 4.74 Å². The molecule has 2 atom stereocenters. The van der Waals surface area contributed by atoms with Gasteiger partial charge in [0, 0.05) is 45.5 Å². The number of ether oxygens (including phenoxy) is 1. The van der Waals surface area contributed by atoms with Crippen LogP contribution in [0.4, 0.5) is 0 Å². The highest BCUT2D eigenvalue weighted by Crippen LogP contribution is 2.26. The zero-order chi connectivity index (χ0) is 16.4. The smallest absolute Gasteiger partial charge is 0.262 e. The third-order valence-corrected chi connectivity index (χ3v) is 6.38. The number of rotatable bonds is 4. The van der Waals surface area contributed by atoms with Crippen LogP contribution in [0.2, 0.25) is 0 Å². The molecule has 0 aliphatic carbocycles. The molecular formula is C15H24N4O3S.